The smallest absolute Gasteiger partial charge is 0.248 e. The lowest BCUT2D eigenvalue weighted by molar-refractivity contribution is -0.141. The van der Waals surface area contributed by atoms with Crippen molar-refractivity contribution in [3.8, 4) is 0 Å². The summed E-state index contributed by atoms with van der Waals surface area (Å²) in [4.78, 5) is 3.76. The van der Waals surface area contributed by atoms with Crippen LogP contribution in [-0.4, -0.2) is 4.98 Å². The summed E-state index contributed by atoms with van der Waals surface area (Å²) < 4.78 is 38.6. The van der Waals surface area contributed by atoms with E-state index >= 15 is 0 Å². The van der Waals surface area contributed by atoms with Crippen molar-refractivity contribution in [2.45, 2.75) is 58.5 Å². The highest BCUT2D eigenvalue weighted by Gasteiger charge is 2.35. The van der Waals surface area contributed by atoms with Crippen molar-refractivity contribution in [3.63, 3.8) is 0 Å². The molecular weight excluding hydrogens is 239 g/mol. The zero-order chi connectivity index (χ0) is 14.4. The standard InChI is InChI=1S/C14H20F3N/c1-12(2,3)9-7-10(13(4,5)6)18-11(8-9)14(15,16)17/h7-8H,1-6H3. The third-order valence-corrected chi connectivity index (χ3v) is 2.75. The Bertz CT molecular complexity index is 355. The average Bonchev–Trinajstić information content (AvgIpc) is 2.13. The average molecular weight is 259 g/mol. The van der Waals surface area contributed by atoms with Crippen LogP contribution in [0, 0.1) is 0 Å². The largest absolute Gasteiger partial charge is 0.433 e. The van der Waals surface area contributed by atoms with Gasteiger partial charge in [0, 0.05) is 11.1 Å². The Kier molecular flexibility index (Phi) is 3.54. The van der Waals surface area contributed by atoms with Gasteiger partial charge in [0.1, 0.15) is 5.69 Å². The van der Waals surface area contributed by atoms with Crippen LogP contribution in [0.25, 0.3) is 0 Å². The molecular formula is C14H20F3N. The molecule has 0 aromatic carbocycles. The monoisotopic (exact) mass is 259 g/mol. The Morgan fingerprint density at radius 1 is 0.778 bits per heavy atom. The van der Waals surface area contributed by atoms with Crippen molar-refractivity contribution >= 4 is 0 Å². The predicted molar refractivity (Wildman–Crippen MR) is 66.6 cm³/mol. The molecule has 1 aromatic rings. The van der Waals surface area contributed by atoms with Gasteiger partial charge in [0.2, 0.25) is 0 Å². The third kappa shape index (κ3) is 3.47. The highest BCUT2D eigenvalue weighted by Crippen LogP contribution is 2.34. The molecule has 0 N–H and O–H groups in total. The summed E-state index contributed by atoms with van der Waals surface area (Å²) in [6, 6.07) is 2.92. The molecule has 1 aromatic heterocycles. The molecule has 0 saturated carbocycles. The Morgan fingerprint density at radius 3 is 1.56 bits per heavy atom. The van der Waals surface area contributed by atoms with E-state index in [0.717, 1.165) is 6.07 Å². The molecule has 102 valence electrons. The van der Waals surface area contributed by atoms with Gasteiger partial charge in [0.05, 0.1) is 0 Å². The fourth-order valence-corrected chi connectivity index (χ4v) is 1.49. The highest BCUT2D eigenvalue weighted by molar-refractivity contribution is 5.31. The first-order chi connectivity index (χ1) is 7.82. The molecule has 0 saturated heterocycles. The van der Waals surface area contributed by atoms with Crippen LogP contribution in [0.1, 0.15) is 58.5 Å². The summed E-state index contributed by atoms with van der Waals surface area (Å²) >= 11 is 0. The number of hydrogen-bond acceptors (Lipinski definition) is 1. The molecule has 0 spiro atoms. The van der Waals surface area contributed by atoms with Gasteiger partial charge in [-0.05, 0) is 23.1 Å². The van der Waals surface area contributed by atoms with E-state index in [1.807, 2.05) is 41.5 Å². The summed E-state index contributed by atoms with van der Waals surface area (Å²) in [6.07, 6.45) is -4.40. The molecule has 0 unspecified atom stereocenters. The SMILES string of the molecule is CC(C)(C)c1cc(C(C)(C)C)nc(C(F)(F)F)c1. The molecule has 0 radical (unpaired) electrons. The van der Waals surface area contributed by atoms with Gasteiger partial charge in [-0.2, -0.15) is 13.2 Å². The molecule has 0 aliphatic heterocycles. The maximum Gasteiger partial charge on any atom is 0.433 e. The van der Waals surface area contributed by atoms with Crippen LogP contribution in [0.15, 0.2) is 12.1 Å². The zero-order valence-corrected chi connectivity index (χ0v) is 11.7. The van der Waals surface area contributed by atoms with Gasteiger partial charge in [0.25, 0.3) is 0 Å². The van der Waals surface area contributed by atoms with Crippen LogP contribution in [0.3, 0.4) is 0 Å². The van der Waals surface area contributed by atoms with E-state index in [9.17, 15) is 13.2 Å². The molecule has 1 nitrogen and oxygen atoms in total. The maximum atomic E-state index is 12.9. The molecule has 0 amide bonds. The van der Waals surface area contributed by atoms with E-state index in [2.05, 4.69) is 4.98 Å². The summed E-state index contributed by atoms with van der Waals surface area (Å²) in [5.74, 6) is 0. The van der Waals surface area contributed by atoms with Crippen molar-refractivity contribution < 1.29 is 13.2 Å². The normalized spacial score (nSPS) is 13.8. The first-order valence-corrected chi connectivity index (χ1v) is 5.92. The Morgan fingerprint density at radius 2 is 1.22 bits per heavy atom. The van der Waals surface area contributed by atoms with Gasteiger partial charge in [-0.3, -0.25) is 0 Å². The summed E-state index contributed by atoms with van der Waals surface area (Å²) in [6.45, 7) is 11.3. The number of pyridine rings is 1. The van der Waals surface area contributed by atoms with Crippen LogP contribution in [-0.2, 0) is 17.0 Å². The van der Waals surface area contributed by atoms with Crippen molar-refractivity contribution in [2.75, 3.05) is 0 Å². The van der Waals surface area contributed by atoms with Crippen molar-refractivity contribution in [1.29, 1.82) is 0 Å². The van der Waals surface area contributed by atoms with E-state index in [4.69, 9.17) is 0 Å². The van der Waals surface area contributed by atoms with E-state index in [1.54, 1.807) is 6.07 Å². The summed E-state index contributed by atoms with van der Waals surface area (Å²) in [5, 5.41) is 0. The van der Waals surface area contributed by atoms with E-state index < -0.39 is 17.3 Å². The van der Waals surface area contributed by atoms with Crippen LogP contribution in [0.5, 0.6) is 0 Å². The molecule has 1 rings (SSSR count). The van der Waals surface area contributed by atoms with Crippen LogP contribution >= 0.6 is 0 Å². The third-order valence-electron chi connectivity index (χ3n) is 2.75. The van der Waals surface area contributed by atoms with Gasteiger partial charge < -0.3 is 0 Å². The lowest BCUT2D eigenvalue weighted by atomic mass is 9.83. The lowest BCUT2D eigenvalue weighted by Crippen LogP contribution is -2.21. The van der Waals surface area contributed by atoms with Gasteiger partial charge in [-0.25, -0.2) is 4.98 Å². The Hall–Kier alpha value is -1.06. The quantitative estimate of drug-likeness (QED) is 0.658. The Labute approximate surface area is 106 Å². The number of rotatable bonds is 0. The molecule has 0 aliphatic carbocycles. The number of hydrogen-bond donors (Lipinski definition) is 0. The first kappa shape index (κ1) is 15.0. The molecule has 0 atom stereocenters. The fraction of sp³-hybridized carbons (Fsp3) is 0.643. The van der Waals surface area contributed by atoms with Crippen LogP contribution in [0.2, 0.25) is 0 Å². The number of aromatic nitrogens is 1. The minimum atomic E-state index is -4.40. The first-order valence-electron chi connectivity index (χ1n) is 5.92. The second-order valence-corrected chi connectivity index (χ2v) is 6.62. The number of alkyl halides is 3. The Balaban J connectivity index is 3.49. The summed E-state index contributed by atoms with van der Waals surface area (Å²) in [7, 11) is 0. The molecule has 1 heterocycles. The zero-order valence-electron chi connectivity index (χ0n) is 11.7. The van der Waals surface area contributed by atoms with Crippen molar-refractivity contribution in [2.24, 2.45) is 0 Å². The van der Waals surface area contributed by atoms with E-state index in [1.165, 1.54) is 0 Å². The van der Waals surface area contributed by atoms with E-state index in [0.29, 0.717) is 11.3 Å². The minimum absolute atomic E-state index is 0.330. The summed E-state index contributed by atoms with van der Waals surface area (Å²) in [5.41, 5.74) is -0.402. The number of nitrogens with zero attached hydrogens (tertiary/aromatic N) is 1. The molecule has 4 heteroatoms. The van der Waals surface area contributed by atoms with E-state index in [-0.39, 0.29) is 5.41 Å². The molecule has 0 bridgehead atoms. The minimum Gasteiger partial charge on any atom is -0.248 e. The van der Waals surface area contributed by atoms with Gasteiger partial charge in [-0.1, -0.05) is 41.5 Å². The topological polar surface area (TPSA) is 12.9 Å². The molecule has 0 fully saturated rings. The fourth-order valence-electron chi connectivity index (χ4n) is 1.49. The number of halogens is 3. The second-order valence-electron chi connectivity index (χ2n) is 6.62. The molecule has 18 heavy (non-hydrogen) atoms. The lowest BCUT2D eigenvalue weighted by Gasteiger charge is -2.25. The van der Waals surface area contributed by atoms with Crippen molar-refractivity contribution in [3.05, 3.63) is 29.1 Å². The molecule has 0 aliphatic rings. The predicted octanol–water partition coefficient (Wildman–Crippen LogP) is 4.70. The van der Waals surface area contributed by atoms with Gasteiger partial charge in [0.15, 0.2) is 0 Å². The van der Waals surface area contributed by atoms with Crippen LogP contribution < -0.4 is 0 Å². The van der Waals surface area contributed by atoms with Gasteiger partial charge in [-0.15, -0.1) is 0 Å². The van der Waals surface area contributed by atoms with Crippen LogP contribution in [0.4, 0.5) is 13.2 Å². The van der Waals surface area contributed by atoms with Gasteiger partial charge >= 0.3 is 6.18 Å². The van der Waals surface area contributed by atoms with Crippen molar-refractivity contribution in [1.82, 2.24) is 4.98 Å². The maximum absolute atomic E-state index is 12.9. The highest BCUT2D eigenvalue weighted by atomic mass is 19.4. The second kappa shape index (κ2) is 4.25.